The molecule has 1 fully saturated rings. The Morgan fingerprint density at radius 3 is 2.64 bits per heavy atom. The Hall–Kier alpha value is -3.31. The van der Waals surface area contributed by atoms with E-state index in [1.54, 1.807) is 38.6 Å². The molecule has 4 rings (SSSR count). The summed E-state index contributed by atoms with van der Waals surface area (Å²) < 4.78 is 43.5. The van der Waals surface area contributed by atoms with Gasteiger partial charge in [-0.1, -0.05) is 12.1 Å². The second kappa shape index (κ2) is 9.67. The van der Waals surface area contributed by atoms with E-state index in [-0.39, 0.29) is 30.0 Å². The highest BCUT2D eigenvalue weighted by atomic mass is 32.2. The van der Waals surface area contributed by atoms with Crippen LogP contribution in [0.1, 0.15) is 18.4 Å². The normalized spacial score (nSPS) is 15.3. The number of hydrogen-bond acceptors (Lipinski definition) is 7. The Bertz CT molecular complexity index is 1200. The molecule has 1 aromatic carbocycles. The molecule has 1 aliphatic heterocycles. The maximum absolute atomic E-state index is 13.0. The quantitative estimate of drug-likeness (QED) is 0.513. The van der Waals surface area contributed by atoms with Crippen molar-refractivity contribution in [2.24, 2.45) is 5.92 Å². The van der Waals surface area contributed by atoms with Gasteiger partial charge in [-0.15, -0.1) is 0 Å². The van der Waals surface area contributed by atoms with Crippen LogP contribution in [0.4, 0.5) is 0 Å². The number of nitrogens with one attached hydrogen (secondary N) is 2. The van der Waals surface area contributed by atoms with Gasteiger partial charge in [0.2, 0.25) is 11.0 Å². The third kappa shape index (κ3) is 4.74. The summed E-state index contributed by atoms with van der Waals surface area (Å²) in [5.74, 6) is 1.18. The van der Waals surface area contributed by atoms with Gasteiger partial charge in [0.1, 0.15) is 5.69 Å². The topological polar surface area (TPSA) is 127 Å². The molecule has 33 heavy (non-hydrogen) atoms. The number of para-hydroxylation sites is 1. The molecule has 0 spiro atoms. The number of carbonyl (C=O) groups excluding carboxylic acids is 1. The SMILES string of the molecule is COc1cccc(CNC(=O)C2CCN(S(=O)(=O)c3ccc(-c4ccn[nH]4)o3)CC2)c1OC. The standard InChI is InChI=1S/C22H26N4O6S/c1-30-19-5-3-4-16(21(19)31-2)14-23-22(27)15-9-12-26(13-10-15)33(28,29)20-7-6-18(32-20)17-8-11-24-25-17/h3-8,11,15H,9-10,12-14H2,1-2H3,(H,23,27)(H,24,25). The lowest BCUT2D eigenvalue weighted by molar-refractivity contribution is -0.126. The molecular formula is C22H26N4O6S. The predicted molar refractivity (Wildman–Crippen MR) is 119 cm³/mol. The van der Waals surface area contributed by atoms with Crippen molar-refractivity contribution in [1.82, 2.24) is 19.8 Å². The molecule has 11 heteroatoms. The van der Waals surface area contributed by atoms with E-state index >= 15 is 0 Å². The van der Waals surface area contributed by atoms with Crippen LogP contribution in [0.25, 0.3) is 11.5 Å². The molecule has 2 N–H and O–H groups in total. The number of piperidine rings is 1. The Kier molecular flexibility index (Phi) is 6.70. The van der Waals surface area contributed by atoms with Crippen molar-refractivity contribution < 1.29 is 27.1 Å². The van der Waals surface area contributed by atoms with Gasteiger partial charge in [0.15, 0.2) is 17.3 Å². The van der Waals surface area contributed by atoms with Crippen LogP contribution < -0.4 is 14.8 Å². The molecule has 0 unspecified atom stereocenters. The van der Waals surface area contributed by atoms with Gasteiger partial charge >= 0.3 is 0 Å². The molecule has 0 saturated carbocycles. The molecule has 3 heterocycles. The number of hydrogen-bond donors (Lipinski definition) is 2. The van der Waals surface area contributed by atoms with Crippen LogP contribution in [-0.2, 0) is 21.4 Å². The van der Waals surface area contributed by atoms with Crippen molar-refractivity contribution in [3.63, 3.8) is 0 Å². The number of rotatable bonds is 8. The van der Waals surface area contributed by atoms with E-state index in [4.69, 9.17) is 13.9 Å². The number of H-pyrrole nitrogens is 1. The van der Waals surface area contributed by atoms with E-state index in [0.29, 0.717) is 42.3 Å². The zero-order chi connectivity index (χ0) is 23.4. The van der Waals surface area contributed by atoms with Gasteiger partial charge in [0.05, 0.1) is 14.2 Å². The first-order valence-corrected chi connectivity index (χ1v) is 12.0. The summed E-state index contributed by atoms with van der Waals surface area (Å²) in [6.07, 6.45) is 2.41. The average Bonchev–Trinajstić information content (AvgIpc) is 3.54. The third-order valence-electron chi connectivity index (χ3n) is 5.70. The molecule has 1 saturated heterocycles. The molecule has 1 amide bonds. The number of amides is 1. The lowest BCUT2D eigenvalue weighted by Gasteiger charge is -2.29. The van der Waals surface area contributed by atoms with Gasteiger partial charge in [0.25, 0.3) is 10.0 Å². The first kappa shape index (κ1) is 22.9. The average molecular weight is 475 g/mol. The fraction of sp³-hybridized carbons (Fsp3) is 0.364. The number of ether oxygens (including phenoxy) is 2. The van der Waals surface area contributed by atoms with E-state index < -0.39 is 10.0 Å². The number of furan rings is 1. The predicted octanol–water partition coefficient (Wildman–Crippen LogP) is 2.40. The van der Waals surface area contributed by atoms with Crippen molar-refractivity contribution >= 4 is 15.9 Å². The highest BCUT2D eigenvalue weighted by Gasteiger charge is 2.34. The van der Waals surface area contributed by atoms with Crippen LogP contribution in [0.2, 0.25) is 0 Å². The van der Waals surface area contributed by atoms with Crippen LogP contribution in [0, 0.1) is 5.92 Å². The lowest BCUT2D eigenvalue weighted by atomic mass is 9.97. The number of sulfonamides is 1. The van der Waals surface area contributed by atoms with Crippen molar-refractivity contribution in [1.29, 1.82) is 0 Å². The van der Waals surface area contributed by atoms with Crippen LogP contribution in [0.15, 0.2) is 52.1 Å². The fourth-order valence-electron chi connectivity index (χ4n) is 3.90. The molecular weight excluding hydrogens is 448 g/mol. The number of methoxy groups -OCH3 is 2. The summed E-state index contributed by atoms with van der Waals surface area (Å²) in [4.78, 5) is 12.7. The Morgan fingerprint density at radius 2 is 1.97 bits per heavy atom. The summed E-state index contributed by atoms with van der Waals surface area (Å²) in [6.45, 7) is 0.770. The van der Waals surface area contributed by atoms with E-state index in [9.17, 15) is 13.2 Å². The molecule has 0 atom stereocenters. The summed E-state index contributed by atoms with van der Waals surface area (Å²) >= 11 is 0. The molecule has 0 bridgehead atoms. The molecule has 10 nitrogen and oxygen atoms in total. The van der Waals surface area contributed by atoms with Crippen molar-refractivity contribution in [2.45, 2.75) is 24.5 Å². The zero-order valence-electron chi connectivity index (χ0n) is 18.4. The van der Waals surface area contributed by atoms with E-state index in [2.05, 4.69) is 15.5 Å². The van der Waals surface area contributed by atoms with Crippen LogP contribution in [0.5, 0.6) is 11.5 Å². The van der Waals surface area contributed by atoms with Gasteiger partial charge in [-0.25, -0.2) is 8.42 Å². The summed E-state index contributed by atoms with van der Waals surface area (Å²) in [5.41, 5.74) is 1.40. The minimum atomic E-state index is -3.78. The Balaban J connectivity index is 1.34. The lowest BCUT2D eigenvalue weighted by Crippen LogP contribution is -2.42. The van der Waals surface area contributed by atoms with Crippen molar-refractivity contribution in [2.75, 3.05) is 27.3 Å². The number of carbonyl (C=O) groups is 1. The summed E-state index contributed by atoms with van der Waals surface area (Å²) in [5, 5.41) is 9.39. The molecule has 0 radical (unpaired) electrons. The maximum Gasteiger partial charge on any atom is 0.276 e. The van der Waals surface area contributed by atoms with Crippen LogP contribution in [0.3, 0.4) is 0 Å². The number of nitrogens with zero attached hydrogens (tertiary/aromatic N) is 2. The zero-order valence-corrected chi connectivity index (χ0v) is 19.2. The third-order valence-corrected chi connectivity index (χ3v) is 7.48. The summed E-state index contributed by atoms with van der Waals surface area (Å²) in [6, 6.07) is 10.2. The minimum absolute atomic E-state index is 0.114. The Morgan fingerprint density at radius 1 is 1.18 bits per heavy atom. The number of aromatic amines is 1. The van der Waals surface area contributed by atoms with Crippen LogP contribution >= 0.6 is 0 Å². The van der Waals surface area contributed by atoms with E-state index in [1.165, 1.54) is 10.4 Å². The fourth-order valence-corrected chi connectivity index (χ4v) is 5.28. The second-order valence-corrected chi connectivity index (χ2v) is 9.51. The minimum Gasteiger partial charge on any atom is -0.493 e. The van der Waals surface area contributed by atoms with Gasteiger partial charge < -0.3 is 19.2 Å². The molecule has 176 valence electrons. The van der Waals surface area contributed by atoms with E-state index in [0.717, 1.165) is 5.56 Å². The molecule has 1 aliphatic rings. The highest BCUT2D eigenvalue weighted by molar-refractivity contribution is 7.89. The number of aromatic nitrogens is 2. The number of benzene rings is 1. The monoisotopic (exact) mass is 474 g/mol. The van der Waals surface area contributed by atoms with Crippen molar-refractivity contribution in [3.8, 4) is 23.0 Å². The summed E-state index contributed by atoms with van der Waals surface area (Å²) in [7, 11) is -0.673. The first-order chi connectivity index (χ1) is 15.9. The second-order valence-electron chi connectivity index (χ2n) is 7.64. The van der Waals surface area contributed by atoms with Gasteiger partial charge in [-0.05, 0) is 37.1 Å². The van der Waals surface area contributed by atoms with Gasteiger partial charge in [-0.3, -0.25) is 9.89 Å². The van der Waals surface area contributed by atoms with Crippen molar-refractivity contribution in [3.05, 3.63) is 48.2 Å². The maximum atomic E-state index is 13.0. The van der Waals surface area contributed by atoms with E-state index in [1.807, 2.05) is 12.1 Å². The first-order valence-electron chi connectivity index (χ1n) is 10.5. The smallest absolute Gasteiger partial charge is 0.276 e. The van der Waals surface area contributed by atoms with Gasteiger partial charge in [0, 0.05) is 37.3 Å². The molecule has 3 aromatic rings. The van der Waals surface area contributed by atoms with Gasteiger partial charge in [-0.2, -0.15) is 9.40 Å². The van der Waals surface area contributed by atoms with Crippen LogP contribution in [-0.4, -0.2) is 56.1 Å². The Labute approximate surface area is 191 Å². The molecule has 0 aliphatic carbocycles. The molecule has 2 aromatic heterocycles. The largest absolute Gasteiger partial charge is 0.493 e. The highest BCUT2D eigenvalue weighted by Crippen LogP contribution is 2.31.